The predicted octanol–water partition coefficient (Wildman–Crippen LogP) is 1.43. The van der Waals surface area contributed by atoms with Gasteiger partial charge in [-0.25, -0.2) is 0 Å². The first-order valence-electron chi connectivity index (χ1n) is 7.21. The van der Waals surface area contributed by atoms with Gasteiger partial charge in [0.15, 0.2) is 5.96 Å². The van der Waals surface area contributed by atoms with Crippen molar-refractivity contribution in [3.05, 3.63) is 53.3 Å². The van der Waals surface area contributed by atoms with Gasteiger partial charge in [0.2, 0.25) is 0 Å². The van der Waals surface area contributed by atoms with Gasteiger partial charge in [-0.1, -0.05) is 24.3 Å². The fourth-order valence-corrected chi connectivity index (χ4v) is 2.17. The van der Waals surface area contributed by atoms with Crippen LogP contribution in [0, 0.1) is 0 Å². The number of aromatic nitrogens is 2. The Labute approximate surface area is 131 Å². The molecule has 0 aliphatic heterocycles. The highest BCUT2D eigenvalue weighted by molar-refractivity contribution is 5.79. The number of nitrogens with zero attached hydrogens (tertiary/aromatic N) is 3. The highest BCUT2D eigenvalue weighted by Gasteiger charge is 2.04. The molecule has 1 heterocycles. The van der Waals surface area contributed by atoms with E-state index in [1.165, 1.54) is 11.1 Å². The van der Waals surface area contributed by atoms with Crippen molar-refractivity contribution in [2.75, 3.05) is 14.2 Å². The van der Waals surface area contributed by atoms with Crippen LogP contribution in [0.1, 0.15) is 16.8 Å². The Kier molecular flexibility index (Phi) is 5.97. The Morgan fingerprint density at radius 3 is 2.55 bits per heavy atom. The molecule has 0 aliphatic rings. The van der Waals surface area contributed by atoms with Crippen LogP contribution in [0.3, 0.4) is 0 Å². The summed E-state index contributed by atoms with van der Waals surface area (Å²) in [6.45, 7) is 1.99. The summed E-state index contributed by atoms with van der Waals surface area (Å²) in [4.78, 5) is 4.24. The number of aliphatic imine (C=N–C) groups is 1. The fraction of sp³-hybridized carbons (Fsp3) is 0.375. The lowest BCUT2D eigenvalue weighted by atomic mass is 10.1. The number of rotatable bonds is 6. The van der Waals surface area contributed by atoms with Crippen molar-refractivity contribution in [3.8, 4) is 0 Å². The molecule has 0 atom stereocenters. The number of methoxy groups -OCH3 is 1. The molecule has 1 aromatic carbocycles. The first-order valence-corrected chi connectivity index (χ1v) is 7.21. The van der Waals surface area contributed by atoms with E-state index in [0.717, 1.165) is 11.7 Å². The van der Waals surface area contributed by atoms with Crippen LogP contribution in [0.25, 0.3) is 0 Å². The molecule has 6 heteroatoms. The fourth-order valence-electron chi connectivity index (χ4n) is 2.17. The van der Waals surface area contributed by atoms with Crippen LogP contribution in [-0.4, -0.2) is 29.9 Å². The molecular formula is C16H23N5O. The average molecular weight is 301 g/mol. The van der Waals surface area contributed by atoms with Crippen molar-refractivity contribution in [2.45, 2.75) is 19.7 Å². The van der Waals surface area contributed by atoms with Crippen molar-refractivity contribution < 1.29 is 4.74 Å². The van der Waals surface area contributed by atoms with Crippen LogP contribution in [0.5, 0.6) is 0 Å². The molecule has 2 aromatic rings. The van der Waals surface area contributed by atoms with Crippen molar-refractivity contribution in [1.82, 2.24) is 20.4 Å². The lowest BCUT2D eigenvalue weighted by Gasteiger charge is -2.14. The Bertz CT molecular complexity index is 621. The molecule has 6 nitrogen and oxygen atoms in total. The highest BCUT2D eigenvalue weighted by atomic mass is 16.5. The smallest absolute Gasteiger partial charge is 0.191 e. The van der Waals surface area contributed by atoms with Gasteiger partial charge < -0.3 is 15.4 Å². The second-order valence-electron chi connectivity index (χ2n) is 4.93. The van der Waals surface area contributed by atoms with Gasteiger partial charge in [0.25, 0.3) is 0 Å². The maximum Gasteiger partial charge on any atom is 0.191 e. The number of benzene rings is 1. The molecule has 1 aromatic heterocycles. The quantitative estimate of drug-likeness (QED) is 0.626. The number of guanidine groups is 1. The molecule has 0 bridgehead atoms. The van der Waals surface area contributed by atoms with Crippen LogP contribution >= 0.6 is 0 Å². The van der Waals surface area contributed by atoms with E-state index in [-0.39, 0.29) is 0 Å². The molecule has 2 N–H and O–H groups in total. The van der Waals surface area contributed by atoms with Gasteiger partial charge in [-0.15, -0.1) is 0 Å². The van der Waals surface area contributed by atoms with Crippen LogP contribution in [0.15, 0.2) is 41.5 Å². The summed E-state index contributed by atoms with van der Waals surface area (Å²) < 4.78 is 7.07. The van der Waals surface area contributed by atoms with Crippen molar-refractivity contribution >= 4 is 5.96 Å². The molecule has 0 spiro atoms. The van der Waals surface area contributed by atoms with E-state index in [1.807, 2.05) is 29.9 Å². The Morgan fingerprint density at radius 1 is 1.18 bits per heavy atom. The zero-order valence-corrected chi connectivity index (χ0v) is 13.3. The summed E-state index contributed by atoms with van der Waals surface area (Å²) >= 11 is 0. The maximum absolute atomic E-state index is 5.23. The van der Waals surface area contributed by atoms with E-state index in [1.54, 1.807) is 20.4 Å². The first kappa shape index (κ1) is 16.0. The van der Waals surface area contributed by atoms with E-state index in [0.29, 0.717) is 19.7 Å². The van der Waals surface area contributed by atoms with Gasteiger partial charge in [-0.05, 0) is 17.2 Å². The topological polar surface area (TPSA) is 63.5 Å². The van der Waals surface area contributed by atoms with Crippen LogP contribution in [0.4, 0.5) is 0 Å². The van der Waals surface area contributed by atoms with Gasteiger partial charge in [0.1, 0.15) is 0 Å². The van der Waals surface area contributed by atoms with Crippen molar-refractivity contribution in [1.29, 1.82) is 0 Å². The summed E-state index contributed by atoms with van der Waals surface area (Å²) in [5.74, 6) is 0.758. The molecule has 2 rings (SSSR count). The molecule has 0 radical (unpaired) electrons. The van der Waals surface area contributed by atoms with E-state index >= 15 is 0 Å². The summed E-state index contributed by atoms with van der Waals surface area (Å²) in [7, 11) is 5.40. The van der Waals surface area contributed by atoms with Gasteiger partial charge in [0, 0.05) is 33.9 Å². The Morgan fingerprint density at radius 2 is 1.91 bits per heavy atom. The minimum atomic E-state index is 0.610. The SMILES string of the molecule is CN=C(NCc1ccccc1COC)NCc1ccnn1C. The van der Waals surface area contributed by atoms with Crippen LogP contribution < -0.4 is 10.6 Å². The van der Waals surface area contributed by atoms with Crippen LogP contribution in [0.2, 0.25) is 0 Å². The molecule has 0 amide bonds. The summed E-state index contributed by atoms with van der Waals surface area (Å²) in [5, 5.41) is 10.7. The van der Waals surface area contributed by atoms with E-state index < -0.39 is 0 Å². The number of hydrogen-bond donors (Lipinski definition) is 2. The zero-order chi connectivity index (χ0) is 15.8. The van der Waals surface area contributed by atoms with Gasteiger partial charge in [-0.3, -0.25) is 9.67 Å². The monoisotopic (exact) mass is 301 g/mol. The second-order valence-corrected chi connectivity index (χ2v) is 4.93. The normalized spacial score (nSPS) is 11.5. The second kappa shape index (κ2) is 8.19. The van der Waals surface area contributed by atoms with Crippen LogP contribution in [-0.2, 0) is 31.5 Å². The number of aryl methyl sites for hydroxylation is 1. The molecular weight excluding hydrogens is 278 g/mol. The first-order chi connectivity index (χ1) is 10.7. The molecule has 0 fully saturated rings. The third-order valence-corrected chi connectivity index (χ3v) is 3.45. The van der Waals surface area contributed by atoms with E-state index in [2.05, 4.69) is 32.9 Å². The van der Waals surface area contributed by atoms with E-state index in [4.69, 9.17) is 4.74 Å². The maximum atomic E-state index is 5.23. The summed E-state index contributed by atoms with van der Waals surface area (Å²) in [5.41, 5.74) is 3.48. The third-order valence-electron chi connectivity index (χ3n) is 3.45. The van der Waals surface area contributed by atoms with Gasteiger partial charge in [-0.2, -0.15) is 5.10 Å². The predicted molar refractivity (Wildman–Crippen MR) is 87.4 cm³/mol. The molecule has 0 saturated heterocycles. The number of hydrogen-bond acceptors (Lipinski definition) is 3. The minimum absolute atomic E-state index is 0.610. The van der Waals surface area contributed by atoms with Crippen molar-refractivity contribution in [3.63, 3.8) is 0 Å². The zero-order valence-electron chi connectivity index (χ0n) is 13.3. The molecule has 22 heavy (non-hydrogen) atoms. The summed E-state index contributed by atoms with van der Waals surface area (Å²) in [6, 6.07) is 10.2. The lowest BCUT2D eigenvalue weighted by Crippen LogP contribution is -2.36. The van der Waals surface area contributed by atoms with Gasteiger partial charge in [0.05, 0.1) is 18.8 Å². The van der Waals surface area contributed by atoms with Gasteiger partial charge >= 0.3 is 0 Å². The molecule has 0 unspecified atom stereocenters. The summed E-state index contributed by atoms with van der Waals surface area (Å²) in [6.07, 6.45) is 1.79. The highest BCUT2D eigenvalue weighted by Crippen LogP contribution is 2.09. The molecule has 118 valence electrons. The molecule has 0 aliphatic carbocycles. The minimum Gasteiger partial charge on any atom is -0.380 e. The number of nitrogens with one attached hydrogen (secondary N) is 2. The van der Waals surface area contributed by atoms with E-state index in [9.17, 15) is 0 Å². The average Bonchev–Trinajstić information content (AvgIpc) is 2.94. The lowest BCUT2D eigenvalue weighted by molar-refractivity contribution is 0.184. The Balaban J connectivity index is 1.90. The van der Waals surface area contributed by atoms with Crippen molar-refractivity contribution in [2.24, 2.45) is 12.0 Å². The third kappa shape index (κ3) is 4.33. The Hall–Kier alpha value is -2.34. The number of ether oxygens (including phenoxy) is 1. The largest absolute Gasteiger partial charge is 0.380 e. The standard InChI is InChI=1S/C16H23N5O/c1-17-16(19-11-15-8-9-20-21(15)2)18-10-13-6-4-5-7-14(13)12-22-3/h4-9H,10-12H2,1-3H3,(H2,17,18,19). The molecule has 0 saturated carbocycles.